The van der Waals surface area contributed by atoms with Crippen LogP contribution < -0.4 is 15.8 Å². The highest BCUT2D eigenvalue weighted by molar-refractivity contribution is 7.89. The molecule has 4 aliphatic carbocycles. The number of carbonyl (C=O) groups is 1. The molecule has 5 fully saturated rings. The molecule has 4 bridgehead atoms. The van der Waals surface area contributed by atoms with Crippen LogP contribution in [0.4, 0.5) is 13.2 Å². The minimum absolute atomic E-state index is 0.0703. The fraction of sp³-hybridized carbons (Fsp3) is 0.773. The van der Waals surface area contributed by atoms with Gasteiger partial charge in [0.05, 0.1) is 12.7 Å². The number of furan rings is 1. The average Bonchev–Trinajstić information content (AvgIpc) is 3.30. The number of sulfonamides is 1. The Labute approximate surface area is 196 Å². The van der Waals surface area contributed by atoms with Crippen molar-refractivity contribution in [2.45, 2.75) is 86.6 Å². The van der Waals surface area contributed by atoms with Crippen LogP contribution in [0.5, 0.6) is 0 Å². The van der Waals surface area contributed by atoms with Crippen molar-refractivity contribution in [3.8, 4) is 0 Å². The maximum Gasteiger partial charge on any atom is 0.450 e. The highest BCUT2D eigenvalue weighted by Gasteiger charge is 2.59. The number of nitrogens with two attached hydrogens (primary N) is 1. The molecule has 3 unspecified atom stereocenters. The molecule has 8 nitrogen and oxygen atoms in total. The van der Waals surface area contributed by atoms with Gasteiger partial charge in [-0.3, -0.25) is 4.79 Å². The lowest BCUT2D eigenvalue weighted by atomic mass is 9.50. The number of amides is 1. The van der Waals surface area contributed by atoms with Gasteiger partial charge in [-0.25, -0.2) is 13.1 Å². The second-order valence-electron chi connectivity index (χ2n) is 10.8. The number of nitrogens with one attached hydrogen (secondary N) is 2. The van der Waals surface area contributed by atoms with Crippen LogP contribution in [0, 0.1) is 18.8 Å². The van der Waals surface area contributed by atoms with E-state index in [4.69, 9.17) is 10.2 Å². The number of aryl methyl sites for hydroxylation is 1. The van der Waals surface area contributed by atoms with Gasteiger partial charge in [-0.15, -0.1) is 0 Å². The number of alkyl halides is 3. The Kier molecular flexibility index (Phi) is 5.62. The molecule has 190 valence electrons. The molecule has 6 rings (SSSR count). The second kappa shape index (κ2) is 7.94. The molecule has 0 radical (unpaired) electrons. The van der Waals surface area contributed by atoms with Crippen LogP contribution in [0.1, 0.15) is 62.9 Å². The molecule has 1 aliphatic heterocycles. The lowest BCUT2D eigenvalue weighted by Crippen LogP contribution is -2.69. The summed E-state index contributed by atoms with van der Waals surface area (Å²) < 4.78 is 74.1. The zero-order valence-electron chi connectivity index (χ0n) is 19.1. The Hall–Kier alpha value is -1.63. The average molecular weight is 505 g/mol. The SMILES string of the molecule is Cc1cc(S(=O)(=O)NC23CC4CC(CC(NCC(=O)N5CCCC5N)(C4)C2)C3)c(C(F)(F)F)o1. The van der Waals surface area contributed by atoms with Crippen LogP contribution in [0.3, 0.4) is 0 Å². The molecule has 34 heavy (non-hydrogen) atoms. The minimum atomic E-state index is -4.92. The molecule has 4 saturated carbocycles. The normalized spacial score (nSPS) is 35.3. The van der Waals surface area contributed by atoms with Crippen LogP contribution in [-0.4, -0.2) is 49.6 Å². The molecule has 2 heterocycles. The molecule has 0 spiro atoms. The first-order chi connectivity index (χ1) is 15.8. The van der Waals surface area contributed by atoms with Gasteiger partial charge in [-0.1, -0.05) is 0 Å². The number of hydrogen-bond donors (Lipinski definition) is 3. The Morgan fingerprint density at radius 2 is 1.88 bits per heavy atom. The quantitative estimate of drug-likeness (QED) is 0.548. The molecule has 12 heteroatoms. The number of halogens is 3. The summed E-state index contributed by atoms with van der Waals surface area (Å²) in [6.45, 7) is 2.05. The first-order valence-corrected chi connectivity index (χ1v) is 13.3. The van der Waals surface area contributed by atoms with Crippen molar-refractivity contribution in [3.05, 3.63) is 17.6 Å². The smallest absolute Gasteiger partial charge is 0.450 e. The van der Waals surface area contributed by atoms with Crippen molar-refractivity contribution in [3.63, 3.8) is 0 Å². The van der Waals surface area contributed by atoms with Crippen LogP contribution in [0.15, 0.2) is 15.4 Å². The summed E-state index contributed by atoms with van der Waals surface area (Å²) in [7, 11) is -4.48. The van der Waals surface area contributed by atoms with Crippen molar-refractivity contribution < 1.29 is 30.8 Å². The number of hydrogen-bond acceptors (Lipinski definition) is 6. The Morgan fingerprint density at radius 1 is 1.24 bits per heavy atom. The van der Waals surface area contributed by atoms with Crippen molar-refractivity contribution >= 4 is 15.9 Å². The zero-order valence-corrected chi connectivity index (χ0v) is 19.9. The maximum absolute atomic E-state index is 13.4. The van der Waals surface area contributed by atoms with Gasteiger partial charge in [-0.05, 0) is 70.1 Å². The Morgan fingerprint density at radius 3 is 2.47 bits per heavy atom. The zero-order chi connectivity index (χ0) is 24.5. The second-order valence-corrected chi connectivity index (χ2v) is 12.5. The van der Waals surface area contributed by atoms with E-state index in [1.54, 1.807) is 4.90 Å². The summed E-state index contributed by atoms with van der Waals surface area (Å²) >= 11 is 0. The molecular formula is C22H31F3N4O4S. The van der Waals surface area contributed by atoms with E-state index >= 15 is 0 Å². The van der Waals surface area contributed by atoms with Crippen molar-refractivity contribution in [1.29, 1.82) is 0 Å². The van der Waals surface area contributed by atoms with Gasteiger partial charge in [0, 0.05) is 23.7 Å². The highest BCUT2D eigenvalue weighted by Crippen LogP contribution is 2.58. The topological polar surface area (TPSA) is 118 Å². The fourth-order valence-corrected chi connectivity index (χ4v) is 8.93. The number of carbonyl (C=O) groups excluding carboxylic acids is 1. The first kappa shape index (κ1) is 24.1. The van der Waals surface area contributed by atoms with Gasteiger partial charge in [0.1, 0.15) is 10.7 Å². The molecule has 1 aromatic rings. The number of likely N-dealkylation sites (tertiary alicyclic amines) is 1. The van der Waals surface area contributed by atoms with Crippen LogP contribution in [0.25, 0.3) is 0 Å². The predicted octanol–water partition coefficient (Wildman–Crippen LogP) is 2.47. The van der Waals surface area contributed by atoms with E-state index in [1.165, 1.54) is 6.92 Å². The molecule has 5 aliphatic rings. The van der Waals surface area contributed by atoms with Crippen molar-refractivity contribution in [1.82, 2.24) is 14.9 Å². The van der Waals surface area contributed by atoms with Crippen LogP contribution >= 0.6 is 0 Å². The molecule has 1 saturated heterocycles. The standard InChI is InChI=1S/C22H31F3N4O4S/c1-13-5-16(19(33-13)22(23,24)25)34(31,32)28-21-9-14-6-15(10-21)8-20(7-14,12-21)27-11-18(30)29-4-2-3-17(29)26/h5,14-15,17,27-28H,2-4,6-12,26H2,1H3. The van der Waals surface area contributed by atoms with E-state index in [1.807, 2.05) is 0 Å². The third kappa shape index (κ3) is 4.27. The summed E-state index contributed by atoms with van der Waals surface area (Å²) in [6.07, 6.45) is 0.671. The number of nitrogens with zero attached hydrogens (tertiary/aromatic N) is 1. The van der Waals surface area contributed by atoms with Crippen molar-refractivity contribution in [2.75, 3.05) is 13.1 Å². The molecule has 0 aromatic carbocycles. The summed E-state index contributed by atoms with van der Waals surface area (Å²) in [5.74, 6) is -1.20. The van der Waals surface area contributed by atoms with E-state index in [0.717, 1.165) is 38.2 Å². The Balaban J connectivity index is 1.37. The van der Waals surface area contributed by atoms with Gasteiger partial charge in [0.2, 0.25) is 21.7 Å². The molecule has 1 amide bonds. The third-order valence-electron chi connectivity index (χ3n) is 8.01. The van der Waals surface area contributed by atoms with E-state index in [-0.39, 0.29) is 36.2 Å². The van der Waals surface area contributed by atoms with Gasteiger partial charge in [0.15, 0.2) is 0 Å². The van der Waals surface area contributed by atoms with E-state index in [0.29, 0.717) is 25.8 Å². The maximum atomic E-state index is 13.4. The third-order valence-corrected chi connectivity index (χ3v) is 9.60. The minimum Gasteiger partial charge on any atom is -0.455 e. The lowest BCUT2D eigenvalue weighted by molar-refractivity contribution is -0.156. The number of rotatable bonds is 6. The van der Waals surface area contributed by atoms with E-state index < -0.39 is 37.9 Å². The summed E-state index contributed by atoms with van der Waals surface area (Å²) in [5, 5.41) is 3.43. The van der Waals surface area contributed by atoms with E-state index in [2.05, 4.69) is 10.0 Å². The fourth-order valence-electron chi connectivity index (χ4n) is 7.28. The van der Waals surface area contributed by atoms with E-state index in [9.17, 15) is 26.4 Å². The monoisotopic (exact) mass is 504 g/mol. The summed E-state index contributed by atoms with van der Waals surface area (Å²) in [5.41, 5.74) is 4.74. The molecule has 4 N–H and O–H groups in total. The summed E-state index contributed by atoms with van der Waals surface area (Å²) in [6, 6.07) is 0.928. The van der Waals surface area contributed by atoms with Gasteiger partial charge in [-0.2, -0.15) is 13.2 Å². The molecular weight excluding hydrogens is 473 g/mol. The Bertz CT molecular complexity index is 1070. The molecule has 1 aromatic heterocycles. The largest absolute Gasteiger partial charge is 0.455 e. The van der Waals surface area contributed by atoms with Crippen molar-refractivity contribution in [2.24, 2.45) is 17.6 Å². The van der Waals surface area contributed by atoms with Gasteiger partial charge in [0.25, 0.3) is 0 Å². The highest BCUT2D eigenvalue weighted by atomic mass is 32.2. The summed E-state index contributed by atoms with van der Waals surface area (Å²) in [4.78, 5) is 13.5. The molecule has 3 atom stereocenters. The predicted molar refractivity (Wildman–Crippen MR) is 116 cm³/mol. The lowest BCUT2D eigenvalue weighted by Gasteiger charge is -2.62. The van der Waals surface area contributed by atoms with Crippen LogP contribution in [0.2, 0.25) is 0 Å². The van der Waals surface area contributed by atoms with Gasteiger partial charge >= 0.3 is 6.18 Å². The van der Waals surface area contributed by atoms with Gasteiger partial charge < -0.3 is 20.4 Å². The first-order valence-electron chi connectivity index (χ1n) is 11.8. The van der Waals surface area contributed by atoms with Crippen LogP contribution in [-0.2, 0) is 21.0 Å².